The molecule has 4 N–H and O–H groups in total. The van der Waals surface area contributed by atoms with Gasteiger partial charge in [-0.15, -0.1) is 11.6 Å². The Kier molecular flexibility index (Phi) is 9.10. The third-order valence-corrected chi connectivity index (χ3v) is 6.73. The van der Waals surface area contributed by atoms with Crippen LogP contribution in [-0.4, -0.2) is 32.8 Å². The van der Waals surface area contributed by atoms with Crippen molar-refractivity contribution >= 4 is 56.5 Å². The molecule has 10 nitrogen and oxygen atoms in total. The molecule has 0 saturated heterocycles. The number of alkyl halides is 1. The van der Waals surface area contributed by atoms with Gasteiger partial charge in [-0.25, -0.2) is 13.2 Å². The zero-order valence-electron chi connectivity index (χ0n) is 20.0. The topological polar surface area (TPSA) is 143 Å². The number of carbonyl (C=O) groups excluding carboxylic acids is 3. The molecular formula is C25H25ClN4O6S. The lowest BCUT2D eigenvalue weighted by atomic mass is 10.1. The zero-order chi connectivity index (χ0) is 27.0. The SMILES string of the molecule is CCOC(=O)C(=O)NNc1ccc(NS(=O)(=O)c2ccc(NC(=O)c3ccc(CCl)cc3)cc2)c(C)c1. The number of ether oxygens (including phenoxy) is 1. The predicted molar refractivity (Wildman–Crippen MR) is 141 cm³/mol. The Morgan fingerprint density at radius 2 is 1.57 bits per heavy atom. The summed E-state index contributed by atoms with van der Waals surface area (Å²) in [7, 11) is -3.92. The van der Waals surface area contributed by atoms with Crippen LogP contribution in [0.3, 0.4) is 0 Å². The summed E-state index contributed by atoms with van der Waals surface area (Å²) in [5.41, 5.74) is 7.84. The minimum absolute atomic E-state index is 0.000246. The molecule has 0 atom stereocenters. The molecule has 0 unspecified atom stereocenters. The Hall–Kier alpha value is -4.09. The van der Waals surface area contributed by atoms with Crippen molar-refractivity contribution < 1.29 is 27.5 Å². The van der Waals surface area contributed by atoms with E-state index in [1.165, 1.54) is 36.4 Å². The highest BCUT2D eigenvalue weighted by Gasteiger charge is 2.17. The van der Waals surface area contributed by atoms with Crippen molar-refractivity contribution in [2.45, 2.75) is 24.6 Å². The van der Waals surface area contributed by atoms with Crippen LogP contribution < -0.4 is 20.9 Å². The minimum Gasteiger partial charge on any atom is -0.459 e. The third kappa shape index (κ3) is 7.45. The zero-order valence-corrected chi connectivity index (χ0v) is 21.6. The average Bonchev–Trinajstić information content (AvgIpc) is 2.89. The van der Waals surface area contributed by atoms with E-state index in [2.05, 4.69) is 25.6 Å². The van der Waals surface area contributed by atoms with E-state index in [1.807, 2.05) is 0 Å². The molecule has 0 aliphatic heterocycles. The number of aryl methyl sites for hydroxylation is 1. The summed E-state index contributed by atoms with van der Waals surface area (Å²) >= 11 is 5.76. The highest BCUT2D eigenvalue weighted by Crippen LogP contribution is 2.23. The smallest absolute Gasteiger partial charge is 0.398 e. The van der Waals surface area contributed by atoms with Crippen molar-refractivity contribution in [3.8, 4) is 0 Å². The van der Waals surface area contributed by atoms with E-state index in [9.17, 15) is 22.8 Å². The molecule has 3 rings (SSSR count). The predicted octanol–water partition coefficient (Wildman–Crippen LogP) is 3.79. The van der Waals surface area contributed by atoms with E-state index in [-0.39, 0.29) is 17.4 Å². The molecule has 0 bridgehead atoms. The number of hydrogen-bond donors (Lipinski definition) is 4. The van der Waals surface area contributed by atoms with Crippen molar-refractivity contribution in [1.29, 1.82) is 0 Å². The molecule has 0 fully saturated rings. The fourth-order valence-corrected chi connectivity index (χ4v) is 4.41. The molecule has 0 saturated carbocycles. The van der Waals surface area contributed by atoms with Gasteiger partial charge in [-0.2, -0.15) is 0 Å². The van der Waals surface area contributed by atoms with Crippen LogP contribution in [0.1, 0.15) is 28.4 Å². The maximum atomic E-state index is 12.9. The summed E-state index contributed by atoms with van der Waals surface area (Å²) in [6.07, 6.45) is 0. The van der Waals surface area contributed by atoms with Gasteiger partial charge in [0.1, 0.15) is 0 Å². The van der Waals surface area contributed by atoms with Crippen LogP contribution in [0, 0.1) is 6.92 Å². The third-order valence-electron chi connectivity index (χ3n) is 5.04. The second kappa shape index (κ2) is 12.2. The normalized spacial score (nSPS) is 10.8. The van der Waals surface area contributed by atoms with E-state index >= 15 is 0 Å². The second-order valence-electron chi connectivity index (χ2n) is 7.74. The fourth-order valence-electron chi connectivity index (χ4n) is 3.10. The number of halogens is 1. The van der Waals surface area contributed by atoms with E-state index < -0.39 is 21.9 Å². The molecule has 37 heavy (non-hydrogen) atoms. The van der Waals surface area contributed by atoms with Crippen LogP contribution in [0.5, 0.6) is 0 Å². The number of amides is 2. The average molecular weight is 545 g/mol. The van der Waals surface area contributed by atoms with Crippen LogP contribution in [0.4, 0.5) is 17.1 Å². The van der Waals surface area contributed by atoms with Crippen molar-refractivity contribution in [3.63, 3.8) is 0 Å². The number of rotatable bonds is 9. The van der Waals surface area contributed by atoms with Crippen molar-refractivity contribution in [1.82, 2.24) is 5.43 Å². The molecule has 2 amide bonds. The number of hydrogen-bond acceptors (Lipinski definition) is 7. The fraction of sp³-hybridized carbons (Fsp3) is 0.160. The first-order valence-corrected chi connectivity index (χ1v) is 13.1. The summed E-state index contributed by atoms with van der Waals surface area (Å²) in [5, 5.41) is 2.72. The van der Waals surface area contributed by atoms with Crippen molar-refractivity contribution in [2.24, 2.45) is 0 Å². The van der Waals surface area contributed by atoms with Crippen molar-refractivity contribution in [3.05, 3.63) is 83.4 Å². The number of nitrogens with one attached hydrogen (secondary N) is 4. The standard InChI is InChI=1S/C25H25ClN4O6S/c1-3-36-25(33)24(32)29-28-20-10-13-22(16(2)14-20)30-37(34,35)21-11-8-19(9-12-21)27-23(31)18-6-4-17(15-26)5-7-18/h4-14,28,30H,3,15H2,1-2H3,(H,27,31)(H,29,32). The monoisotopic (exact) mass is 544 g/mol. The van der Waals surface area contributed by atoms with Gasteiger partial charge in [0.2, 0.25) is 0 Å². The number of anilines is 3. The van der Waals surface area contributed by atoms with Crippen LogP contribution in [-0.2, 0) is 30.2 Å². The van der Waals surface area contributed by atoms with Crippen LogP contribution in [0.15, 0.2) is 71.6 Å². The lowest BCUT2D eigenvalue weighted by molar-refractivity contribution is -0.154. The highest BCUT2D eigenvalue weighted by atomic mass is 35.5. The molecule has 0 heterocycles. The molecule has 12 heteroatoms. The number of benzene rings is 3. The van der Waals surface area contributed by atoms with Gasteiger partial charge in [0, 0.05) is 17.1 Å². The van der Waals surface area contributed by atoms with Gasteiger partial charge in [0.15, 0.2) is 0 Å². The molecule has 0 aliphatic carbocycles. The first-order valence-electron chi connectivity index (χ1n) is 11.1. The maximum absolute atomic E-state index is 12.9. The molecule has 3 aromatic carbocycles. The van der Waals surface area contributed by atoms with Crippen LogP contribution in [0.2, 0.25) is 0 Å². The molecule has 0 spiro atoms. The van der Waals surface area contributed by atoms with E-state index in [0.717, 1.165) is 5.56 Å². The Morgan fingerprint density at radius 3 is 2.16 bits per heavy atom. The van der Waals surface area contributed by atoms with Crippen LogP contribution >= 0.6 is 11.6 Å². The van der Waals surface area contributed by atoms with Gasteiger partial charge in [-0.1, -0.05) is 12.1 Å². The first-order chi connectivity index (χ1) is 17.6. The van der Waals surface area contributed by atoms with Gasteiger partial charge >= 0.3 is 11.9 Å². The molecule has 3 aromatic rings. The summed E-state index contributed by atoms with van der Waals surface area (Å²) in [5.74, 6) is -1.98. The maximum Gasteiger partial charge on any atom is 0.398 e. The quantitative estimate of drug-likeness (QED) is 0.139. The number of hydrazine groups is 1. The van der Waals surface area contributed by atoms with E-state index in [4.69, 9.17) is 11.6 Å². The minimum atomic E-state index is -3.92. The van der Waals surface area contributed by atoms with Gasteiger partial charge in [-0.05, 0) is 79.6 Å². The lowest BCUT2D eigenvalue weighted by Crippen LogP contribution is -2.36. The highest BCUT2D eigenvalue weighted by molar-refractivity contribution is 7.92. The van der Waals surface area contributed by atoms with E-state index in [1.54, 1.807) is 44.2 Å². The van der Waals surface area contributed by atoms with E-state index in [0.29, 0.717) is 34.1 Å². The van der Waals surface area contributed by atoms with Gasteiger partial charge in [0.05, 0.1) is 22.9 Å². The molecule has 0 aliphatic rings. The van der Waals surface area contributed by atoms with Gasteiger partial charge in [-0.3, -0.25) is 25.2 Å². The summed E-state index contributed by atoms with van der Waals surface area (Å²) in [4.78, 5) is 35.4. The largest absolute Gasteiger partial charge is 0.459 e. The number of esters is 1. The molecule has 0 radical (unpaired) electrons. The second-order valence-corrected chi connectivity index (χ2v) is 9.69. The lowest BCUT2D eigenvalue weighted by Gasteiger charge is -2.14. The first kappa shape index (κ1) is 27.5. The molecular weight excluding hydrogens is 520 g/mol. The van der Waals surface area contributed by atoms with Gasteiger partial charge < -0.3 is 10.1 Å². The summed E-state index contributed by atoms with van der Waals surface area (Å²) < 4.78 is 32.9. The van der Waals surface area contributed by atoms with Crippen LogP contribution in [0.25, 0.3) is 0 Å². The number of carbonyl (C=O) groups is 3. The number of sulfonamides is 1. The Bertz CT molecular complexity index is 1390. The van der Waals surface area contributed by atoms with Gasteiger partial charge in [0.25, 0.3) is 15.9 Å². The molecule has 0 aromatic heterocycles. The van der Waals surface area contributed by atoms with Crippen molar-refractivity contribution in [2.75, 3.05) is 22.1 Å². The summed E-state index contributed by atoms with van der Waals surface area (Å²) in [6.45, 7) is 3.33. The Morgan fingerprint density at radius 1 is 0.919 bits per heavy atom. The molecule has 194 valence electrons. The Labute approximate surface area is 219 Å². The Balaban J connectivity index is 1.62. The summed E-state index contributed by atoms with van der Waals surface area (Å²) in [6, 6.07) is 17.2.